The summed E-state index contributed by atoms with van der Waals surface area (Å²) in [6, 6.07) is 0. The number of allylic oxidation sites excluding steroid dienone is 1. The summed E-state index contributed by atoms with van der Waals surface area (Å²) >= 11 is 3.73. The molecule has 1 N–H and O–H groups in total. The molecule has 0 amide bonds. The zero-order chi connectivity index (χ0) is 6.57. The fourth-order valence-electron chi connectivity index (χ4n) is 0.226. The first-order valence-electron chi connectivity index (χ1n) is 2.17. The van der Waals surface area contributed by atoms with E-state index in [2.05, 4.69) is 19.2 Å². The summed E-state index contributed by atoms with van der Waals surface area (Å²) in [7, 11) is 0. The average Bonchev–Trinajstić information content (AvgIpc) is 1.84. The molecule has 0 saturated heterocycles. The number of hydrogen-bond donors (Lipinski definition) is 2. The van der Waals surface area contributed by atoms with Crippen LogP contribution >= 0.6 is 12.6 Å². The van der Waals surface area contributed by atoms with E-state index in [-0.39, 0.29) is 12.4 Å². The van der Waals surface area contributed by atoms with Crippen LogP contribution in [0.3, 0.4) is 0 Å². The molecule has 46 valence electrons. The Morgan fingerprint density at radius 1 is 2.00 bits per heavy atom. The third kappa shape index (κ3) is 2.14. The SMILES string of the molecule is C=CC(=O)C(S)CO. The van der Waals surface area contributed by atoms with Gasteiger partial charge < -0.3 is 5.11 Å². The highest BCUT2D eigenvalue weighted by atomic mass is 32.1. The van der Waals surface area contributed by atoms with Gasteiger partial charge in [-0.15, -0.1) is 0 Å². The second-order valence-electron chi connectivity index (χ2n) is 1.30. The minimum absolute atomic E-state index is 0.228. The maximum atomic E-state index is 10.4. The van der Waals surface area contributed by atoms with Crippen LogP contribution in [-0.2, 0) is 4.79 Å². The molecule has 0 fully saturated rings. The van der Waals surface area contributed by atoms with Crippen LogP contribution in [0.4, 0.5) is 0 Å². The fraction of sp³-hybridized carbons (Fsp3) is 0.400. The Bertz CT molecular complexity index is 101. The molecule has 1 unspecified atom stereocenters. The van der Waals surface area contributed by atoms with Gasteiger partial charge in [-0.2, -0.15) is 12.6 Å². The van der Waals surface area contributed by atoms with Crippen molar-refractivity contribution < 1.29 is 9.90 Å². The summed E-state index contributed by atoms with van der Waals surface area (Å²) in [6.45, 7) is 2.99. The van der Waals surface area contributed by atoms with Crippen LogP contribution in [0, 0.1) is 0 Å². The summed E-state index contributed by atoms with van der Waals surface area (Å²) in [5, 5.41) is 7.70. The summed E-state index contributed by atoms with van der Waals surface area (Å²) in [5.41, 5.74) is 0. The normalized spacial score (nSPS) is 12.8. The lowest BCUT2D eigenvalue weighted by Crippen LogP contribution is -2.15. The molecule has 2 nitrogen and oxygen atoms in total. The predicted molar refractivity (Wildman–Crippen MR) is 35.1 cm³/mol. The van der Waals surface area contributed by atoms with Crippen LogP contribution in [0.2, 0.25) is 0 Å². The average molecular weight is 132 g/mol. The number of aliphatic hydroxyl groups is 1. The first kappa shape index (κ1) is 7.72. The van der Waals surface area contributed by atoms with Gasteiger partial charge in [0.25, 0.3) is 0 Å². The Hall–Kier alpha value is -0.280. The summed E-state index contributed by atoms with van der Waals surface area (Å²) < 4.78 is 0. The van der Waals surface area contributed by atoms with Gasteiger partial charge in [-0.1, -0.05) is 6.58 Å². The maximum absolute atomic E-state index is 10.4. The van der Waals surface area contributed by atoms with Crippen molar-refractivity contribution in [2.75, 3.05) is 6.61 Å². The number of ketones is 1. The van der Waals surface area contributed by atoms with E-state index in [9.17, 15) is 4.79 Å². The van der Waals surface area contributed by atoms with Crippen molar-refractivity contribution in [2.45, 2.75) is 5.25 Å². The number of hydrogen-bond acceptors (Lipinski definition) is 3. The number of rotatable bonds is 3. The lowest BCUT2D eigenvalue weighted by atomic mass is 10.3. The number of thiol groups is 1. The molecule has 0 aliphatic carbocycles. The number of carbonyl (C=O) groups excluding carboxylic acids is 1. The first-order valence-corrected chi connectivity index (χ1v) is 2.69. The molecule has 8 heavy (non-hydrogen) atoms. The second-order valence-corrected chi connectivity index (χ2v) is 1.93. The topological polar surface area (TPSA) is 37.3 Å². The van der Waals surface area contributed by atoms with Crippen LogP contribution in [0.5, 0.6) is 0 Å². The molecule has 0 saturated carbocycles. The molecule has 0 aromatic rings. The van der Waals surface area contributed by atoms with Crippen molar-refractivity contribution >= 4 is 18.4 Å². The smallest absolute Gasteiger partial charge is 0.170 e. The lowest BCUT2D eigenvalue weighted by Gasteiger charge is -1.97. The van der Waals surface area contributed by atoms with Crippen molar-refractivity contribution in [3.63, 3.8) is 0 Å². The molecular weight excluding hydrogens is 124 g/mol. The molecule has 0 spiro atoms. The van der Waals surface area contributed by atoms with Gasteiger partial charge >= 0.3 is 0 Å². The molecule has 0 bridgehead atoms. The Morgan fingerprint density at radius 3 is 2.62 bits per heavy atom. The van der Waals surface area contributed by atoms with Crippen LogP contribution in [0.15, 0.2) is 12.7 Å². The molecule has 0 aliphatic rings. The van der Waals surface area contributed by atoms with Gasteiger partial charge in [-0.25, -0.2) is 0 Å². The third-order valence-electron chi connectivity index (χ3n) is 0.703. The Balaban J connectivity index is 3.62. The van der Waals surface area contributed by atoms with Gasteiger partial charge in [0.15, 0.2) is 5.78 Å². The third-order valence-corrected chi connectivity index (χ3v) is 1.12. The highest BCUT2D eigenvalue weighted by Gasteiger charge is 2.06. The molecule has 1 atom stereocenters. The van der Waals surface area contributed by atoms with Gasteiger partial charge in [0, 0.05) is 0 Å². The van der Waals surface area contributed by atoms with E-state index in [4.69, 9.17) is 5.11 Å². The summed E-state index contributed by atoms with van der Waals surface area (Å²) in [6.07, 6.45) is 1.15. The summed E-state index contributed by atoms with van der Waals surface area (Å²) in [5.74, 6) is -0.240. The molecule has 0 rings (SSSR count). The highest BCUT2D eigenvalue weighted by molar-refractivity contribution is 7.81. The molecule has 0 aromatic heterocycles. The fourth-order valence-corrected chi connectivity index (χ4v) is 0.331. The Labute approximate surface area is 53.6 Å². The lowest BCUT2D eigenvalue weighted by molar-refractivity contribution is -0.114. The van der Waals surface area contributed by atoms with Crippen molar-refractivity contribution in [1.82, 2.24) is 0 Å². The van der Waals surface area contributed by atoms with Gasteiger partial charge in [0.05, 0.1) is 11.9 Å². The van der Waals surface area contributed by atoms with E-state index in [1.54, 1.807) is 0 Å². The van der Waals surface area contributed by atoms with E-state index in [1.165, 1.54) is 0 Å². The van der Waals surface area contributed by atoms with E-state index >= 15 is 0 Å². The van der Waals surface area contributed by atoms with Gasteiger partial charge in [-0.05, 0) is 6.08 Å². The first-order chi connectivity index (χ1) is 3.72. The van der Waals surface area contributed by atoms with Crippen molar-refractivity contribution in [3.8, 4) is 0 Å². The maximum Gasteiger partial charge on any atom is 0.170 e. The van der Waals surface area contributed by atoms with Crippen LogP contribution in [0.25, 0.3) is 0 Å². The molecule has 0 aromatic carbocycles. The number of carbonyl (C=O) groups is 1. The predicted octanol–water partition coefficient (Wildman–Crippen LogP) is 0.0322. The molecule has 0 heterocycles. The van der Waals surface area contributed by atoms with Crippen molar-refractivity contribution in [3.05, 3.63) is 12.7 Å². The van der Waals surface area contributed by atoms with Gasteiger partial charge in [0.1, 0.15) is 0 Å². The standard InChI is InChI=1S/C5H8O2S/c1-2-4(7)5(8)3-6/h2,5-6,8H,1,3H2. The Kier molecular flexibility index (Phi) is 3.56. The van der Waals surface area contributed by atoms with Crippen molar-refractivity contribution in [2.24, 2.45) is 0 Å². The van der Waals surface area contributed by atoms with E-state index < -0.39 is 5.25 Å². The van der Waals surface area contributed by atoms with E-state index in [0.29, 0.717) is 0 Å². The highest BCUT2D eigenvalue weighted by Crippen LogP contribution is 1.94. The molecular formula is C5H8O2S. The largest absolute Gasteiger partial charge is 0.395 e. The number of aliphatic hydroxyl groups excluding tert-OH is 1. The van der Waals surface area contributed by atoms with Gasteiger partial charge in [0.2, 0.25) is 0 Å². The second kappa shape index (κ2) is 3.69. The molecule has 3 heteroatoms. The zero-order valence-electron chi connectivity index (χ0n) is 4.37. The van der Waals surface area contributed by atoms with E-state index in [1.807, 2.05) is 0 Å². The summed E-state index contributed by atoms with van der Waals surface area (Å²) in [4.78, 5) is 10.4. The Morgan fingerprint density at radius 2 is 2.50 bits per heavy atom. The minimum atomic E-state index is -0.590. The van der Waals surface area contributed by atoms with Crippen LogP contribution in [-0.4, -0.2) is 22.7 Å². The monoisotopic (exact) mass is 132 g/mol. The van der Waals surface area contributed by atoms with Crippen LogP contribution < -0.4 is 0 Å². The quantitative estimate of drug-likeness (QED) is 0.420. The van der Waals surface area contributed by atoms with E-state index in [0.717, 1.165) is 6.08 Å². The molecule has 0 radical (unpaired) electrons. The van der Waals surface area contributed by atoms with Crippen molar-refractivity contribution in [1.29, 1.82) is 0 Å². The molecule has 0 aliphatic heterocycles. The minimum Gasteiger partial charge on any atom is -0.395 e. The zero-order valence-corrected chi connectivity index (χ0v) is 5.27. The van der Waals surface area contributed by atoms with Crippen LogP contribution in [0.1, 0.15) is 0 Å². The van der Waals surface area contributed by atoms with Gasteiger partial charge in [-0.3, -0.25) is 4.79 Å².